The fourth-order valence-electron chi connectivity index (χ4n) is 2.98. The molecule has 2 amide bonds. The molecule has 1 atom stereocenters. The Kier molecular flexibility index (Phi) is 6.16. The van der Waals surface area contributed by atoms with Gasteiger partial charge in [0, 0.05) is 5.69 Å². The SMILES string of the molecule is Cc1cccc(C)c1NC(=O)CNC(=O)[C@@H](C)N1CCCCC1. The average molecular weight is 317 g/mol. The number of carbonyl (C=O) groups is 2. The molecule has 0 spiro atoms. The van der Waals surface area contributed by atoms with Gasteiger partial charge in [-0.2, -0.15) is 0 Å². The van der Waals surface area contributed by atoms with Gasteiger partial charge in [-0.05, 0) is 57.8 Å². The summed E-state index contributed by atoms with van der Waals surface area (Å²) in [5.74, 6) is -0.273. The van der Waals surface area contributed by atoms with Gasteiger partial charge in [-0.1, -0.05) is 24.6 Å². The zero-order valence-electron chi connectivity index (χ0n) is 14.3. The summed E-state index contributed by atoms with van der Waals surface area (Å²) >= 11 is 0. The Hall–Kier alpha value is -1.88. The van der Waals surface area contributed by atoms with E-state index in [0.29, 0.717) is 0 Å². The fourth-order valence-corrected chi connectivity index (χ4v) is 2.98. The van der Waals surface area contributed by atoms with Crippen molar-refractivity contribution in [1.82, 2.24) is 10.2 Å². The maximum Gasteiger partial charge on any atom is 0.243 e. The lowest BCUT2D eigenvalue weighted by Gasteiger charge is -2.31. The summed E-state index contributed by atoms with van der Waals surface area (Å²) in [6.45, 7) is 7.75. The van der Waals surface area contributed by atoms with Gasteiger partial charge in [0.05, 0.1) is 12.6 Å². The Labute approximate surface area is 138 Å². The molecule has 2 N–H and O–H groups in total. The molecule has 1 heterocycles. The van der Waals surface area contributed by atoms with Crippen LogP contribution >= 0.6 is 0 Å². The molecule has 1 saturated heterocycles. The highest BCUT2D eigenvalue weighted by molar-refractivity contribution is 5.96. The average Bonchev–Trinajstić information content (AvgIpc) is 2.56. The lowest BCUT2D eigenvalue weighted by molar-refractivity contribution is -0.128. The number of para-hydroxylation sites is 1. The third-order valence-electron chi connectivity index (χ3n) is 4.49. The van der Waals surface area contributed by atoms with Crippen molar-refractivity contribution in [2.45, 2.75) is 46.1 Å². The van der Waals surface area contributed by atoms with Gasteiger partial charge in [0.2, 0.25) is 11.8 Å². The molecule has 1 aliphatic rings. The first-order chi connectivity index (χ1) is 11.0. The Morgan fingerprint density at radius 2 is 1.74 bits per heavy atom. The van der Waals surface area contributed by atoms with Crippen molar-refractivity contribution in [1.29, 1.82) is 0 Å². The third kappa shape index (κ3) is 4.79. The number of nitrogens with zero attached hydrogens (tertiary/aromatic N) is 1. The first-order valence-corrected chi connectivity index (χ1v) is 8.37. The number of hydrogen-bond acceptors (Lipinski definition) is 3. The Morgan fingerprint density at radius 1 is 1.13 bits per heavy atom. The highest BCUT2D eigenvalue weighted by Crippen LogP contribution is 2.19. The van der Waals surface area contributed by atoms with Crippen molar-refractivity contribution in [2.75, 3.05) is 25.0 Å². The molecule has 2 rings (SSSR count). The minimum absolute atomic E-state index is 0.00475. The van der Waals surface area contributed by atoms with Gasteiger partial charge in [-0.3, -0.25) is 14.5 Å². The number of benzene rings is 1. The number of anilines is 1. The van der Waals surface area contributed by atoms with Crippen LogP contribution in [-0.4, -0.2) is 42.4 Å². The monoisotopic (exact) mass is 317 g/mol. The minimum atomic E-state index is -0.193. The maximum absolute atomic E-state index is 12.2. The molecule has 5 heteroatoms. The number of rotatable bonds is 5. The summed E-state index contributed by atoms with van der Waals surface area (Å²) in [5, 5.41) is 5.63. The molecule has 0 aromatic heterocycles. The van der Waals surface area contributed by atoms with Crippen molar-refractivity contribution in [3.63, 3.8) is 0 Å². The van der Waals surface area contributed by atoms with Gasteiger partial charge in [0.1, 0.15) is 0 Å². The van der Waals surface area contributed by atoms with Crippen LogP contribution in [0.2, 0.25) is 0 Å². The second kappa shape index (κ2) is 8.11. The first kappa shape index (κ1) is 17.5. The number of likely N-dealkylation sites (tertiary alicyclic amines) is 1. The van der Waals surface area contributed by atoms with E-state index in [1.807, 2.05) is 39.0 Å². The molecule has 5 nitrogen and oxygen atoms in total. The maximum atomic E-state index is 12.2. The molecule has 23 heavy (non-hydrogen) atoms. The quantitative estimate of drug-likeness (QED) is 0.875. The van der Waals surface area contributed by atoms with E-state index < -0.39 is 0 Å². The molecular weight excluding hydrogens is 290 g/mol. The smallest absolute Gasteiger partial charge is 0.243 e. The molecule has 0 aliphatic carbocycles. The van der Waals surface area contributed by atoms with E-state index in [9.17, 15) is 9.59 Å². The number of hydrogen-bond donors (Lipinski definition) is 2. The van der Waals surface area contributed by atoms with E-state index in [-0.39, 0.29) is 24.4 Å². The first-order valence-electron chi connectivity index (χ1n) is 8.37. The zero-order chi connectivity index (χ0) is 16.8. The van der Waals surface area contributed by atoms with Crippen molar-refractivity contribution in [3.8, 4) is 0 Å². The number of nitrogens with one attached hydrogen (secondary N) is 2. The predicted octanol–water partition coefficient (Wildman–Crippen LogP) is 2.23. The van der Waals surface area contributed by atoms with Crippen LogP contribution in [0.5, 0.6) is 0 Å². The van der Waals surface area contributed by atoms with Crippen LogP contribution in [0, 0.1) is 13.8 Å². The van der Waals surface area contributed by atoms with Crippen molar-refractivity contribution in [2.24, 2.45) is 0 Å². The van der Waals surface area contributed by atoms with Gasteiger partial charge >= 0.3 is 0 Å². The number of carbonyl (C=O) groups excluding carboxylic acids is 2. The van der Waals surface area contributed by atoms with Crippen LogP contribution in [0.3, 0.4) is 0 Å². The molecule has 0 bridgehead atoms. The minimum Gasteiger partial charge on any atom is -0.346 e. The van der Waals surface area contributed by atoms with Crippen molar-refractivity contribution in [3.05, 3.63) is 29.3 Å². The predicted molar refractivity (Wildman–Crippen MR) is 92.4 cm³/mol. The van der Waals surface area contributed by atoms with Crippen LogP contribution in [0.4, 0.5) is 5.69 Å². The molecule has 1 aliphatic heterocycles. The van der Waals surface area contributed by atoms with E-state index in [4.69, 9.17) is 0 Å². The molecule has 1 aromatic rings. The van der Waals surface area contributed by atoms with E-state index in [0.717, 1.165) is 42.7 Å². The number of piperidine rings is 1. The lowest BCUT2D eigenvalue weighted by Crippen LogP contribution is -2.48. The molecule has 1 aromatic carbocycles. The number of amides is 2. The number of aryl methyl sites for hydroxylation is 2. The molecular formula is C18H27N3O2. The molecule has 0 unspecified atom stereocenters. The third-order valence-corrected chi connectivity index (χ3v) is 4.49. The lowest BCUT2D eigenvalue weighted by atomic mass is 10.1. The largest absolute Gasteiger partial charge is 0.346 e. The highest BCUT2D eigenvalue weighted by Gasteiger charge is 2.23. The summed E-state index contributed by atoms with van der Waals surface area (Å²) in [6, 6.07) is 5.70. The highest BCUT2D eigenvalue weighted by atomic mass is 16.2. The molecule has 0 saturated carbocycles. The fraction of sp³-hybridized carbons (Fsp3) is 0.556. The van der Waals surface area contributed by atoms with Crippen LogP contribution in [0.25, 0.3) is 0 Å². The van der Waals surface area contributed by atoms with Gasteiger partial charge in [0.25, 0.3) is 0 Å². The Bertz CT molecular complexity index is 545. The molecule has 126 valence electrons. The van der Waals surface area contributed by atoms with Gasteiger partial charge < -0.3 is 10.6 Å². The van der Waals surface area contributed by atoms with Crippen LogP contribution in [-0.2, 0) is 9.59 Å². The summed E-state index contributed by atoms with van der Waals surface area (Å²) < 4.78 is 0. The normalized spacial score (nSPS) is 16.7. The Balaban J connectivity index is 1.82. The summed E-state index contributed by atoms with van der Waals surface area (Å²) in [7, 11) is 0. The van der Waals surface area contributed by atoms with Crippen molar-refractivity contribution >= 4 is 17.5 Å². The van der Waals surface area contributed by atoms with E-state index >= 15 is 0 Å². The van der Waals surface area contributed by atoms with Gasteiger partial charge in [-0.15, -0.1) is 0 Å². The van der Waals surface area contributed by atoms with Gasteiger partial charge in [-0.25, -0.2) is 0 Å². The van der Waals surface area contributed by atoms with Gasteiger partial charge in [0.15, 0.2) is 0 Å². The van der Waals surface area contributed by atoms with Crippen LogP contribution in [0.1, 0.15) is 37.3 Å². The standard InChI is InChI=1S/C18H27N3O2/c1-13-8-7-9-14(2)17(13)20-16(22)12-19-18(23)15(3)21-10-5-4-6-11-21/h7-9,15H,4-6,10-12H2,1-3H3,(H,19,23)(H,20,22)/t15-/m1/s1. The molecule has 1 fully saturated rings. The van der Waals surface area contributed by atoms with Crippen LogP contribution in [0.15, 0.2) is 18.2 Å². The summed E-state index contributed by atoms with van der Waals surface area (Å²) in [6.07, 6.45) is 3.53. The summed E-state index contributed by atoms with van der Waals surface area (Å²) in [4.78, 5) is 26.5. The van der Waals surface area contributed by atoms with E-state index in [1.165, 1.54) is 6.42 Å². The van der Waals surface area contributed by atoms with E-state index in [2.05, 4.69) is 15.5 Å². The van der Waals surface area contributed by atoms with Crippen molar-refractivity contribution < 1.29 is 9.59 Å². The van der Waals surface area contributed by atoms with E-state index in [1.54, 1.807) is 0 Å². The zero-order valence-corrected chi connectivity index (χ0v) is 14.3. The summed E-state index contributed by atoms with van der Waals surface area (Å²) in [5.41, 5.74) is 2.87. The second-order valence-electron chi connectivity index (χ2n) is 6.31. The second-order valence-corrected chi connectivity index (χ2v) is 6.31. The van der Waals surface area contributed by atoms with Crippen LogP contribution < -0.4 is 10.6 Å². The topological polar surface area (TPSA) is 61.4 Å². The Morgan fingerprint density at radius 3 is 2.35 bits per heavy atom. The molecule has 0 radical (unpaired) electrons.